The predicted molar refractivity (Wildman–Crippen MR) is 114 cm³/mol. The number of halogens is 3. The van der Waals surface area contributed by atoms with Gasteiger partial charge in [-0.1, -0.05) is 12.1 Å². The fraction of sp³-hybridized carbons (Fsp3) is 0.696. The summed E-state index contributed by atoms with van der Waals surface area (Å²) in [4.78, 5) is 14.7. The van der Waals surface area contributed by atoms with Crippen LogP contribution in [0.3, 0.4) is 0 Å². The number of hydrogen-bond acceptors (Lipinski definition) is 5. The van der Waals surface area contributed by atoms with Crippen LogP contribution in [-0.2, 0) is 15.5 Å². The summed E-state index contributed by atoms with van der Waals surface area (Å²) >= 11 is 0. The van der Waals surface area contributed by atoms with Crippen LogP contribution in [0.25, 0.3) is 0 Å². The minimum Gasteiger partial charge on any atom is -0.380 e. The van der Waals surface area contributed by atoms with Gasteiger partial charge in [0.05, 0.1) is 13.2 Å². The highest BCUT2D eigenvalue weighted by Gasteiger charge is 2.53. The molecule has 3 fully saturated rings. The number of fused-ring (bicyclic) bond motifs is 1. The summed E-state index contributed by atoms with van der Waals surface area (Å²) in [6, 6.07) is 5.50. The summed E-state index contributed by atoms with van der Waals surface area (Å²) < 4.78 is 45.1. The number of piperidine rings is 1. The lowest BCUT2D eigenvalue weighted by Crippen LogP contribution is -2.44. The van der Waals surface area contributed by atoms with Crippen molar-refractivity contribution in [2.75, 3.05) is 44.8 Å². The van der Waals surface area contributed by atoms with Crippen molar-refractivity contribution in [3.8, 4) is 0 Å². The molecule has 1 aromatic rings. The van der Waals surface area contributed by atoms with E-state index in [1.165, 1.54) is 18.6 Å². The number of carbonyl (C=O) groups is 1. The average molecular weight is 456 g/mol. The van der Waals surface area contributed by atoms with Gasteiger partial charge >= 0.3 is 5.92 Å². The van der Waals surface area contributed by atoms with E-state index in [9.17, 15) is 23.1 Å². The second-order valence-corrected chi connectivity index (χ2v) is 9.25. The summed E-state index contributed by atoms with van der Waals surface area (Å²) in [6.07, 6.45) is 3.24. The fourth-order valence-electron chi connectivity index (χ4n) is 5.25. The van der Waals surface area contributed by atoms with E-state index in [1.807, 2.05) is 0 Å². The quantitative estimate of drug-likeness (QED) is 0.500. The number of anilines is 1. The van der Waals surface area contributed by atoms with Gasteiger partial charge in [-0.15, -0.1) is 0 Å². The first kappa shape index (κ1) is 23.5. The van der Waals surface area contributed by atoms with Crippen molar-refractivity contribution in [1.82, 2.24) is 10.2 Å². The number of amides is 1. The molecule has 2 heterocycles. The molecule has 1 saturated carbocycles. The first-order valence-electron chi connectivity index (χ1n) is 11.4. The molecule has 0 aromatic heterocycles. The molecule has 5 atom stereocenters. The maximum atomic E-state index is 13.5. The molecule has 1 aliphatic carbocycles. The maximum Gasteiger partial charge on any atom is 0.301 e. The molecule has 2 unspecified atom stereocenters. The Morgan fingerprint density at radius 2 is 2.16 bits per heavy atom. The molecule has 3 N–H and O–H groups in total. The van der Waals surface area contributed by atoms with Gasteiger partial charge in [0.2, 0.25) is 5.91 Å². The third-order valence-corrected chi connectivity index (χ3v) is 7.09. The number of hydrogen-bond donors (Lipinski definition) is 3. The Labute approximate surface area is 186 Å². The zero-order valence-corrected chi connectivity index (χ0v) is 18.1. The van der Waals surface area contributed by atoms with Gasteiger partial charge in [-0.25, -0.2) is 4.39 Å². The molecule has 3 aliphatic rings. The van der Waals surface area contributed by atoms with Gasteiger partial charge in [-0.2, -0.15) is 8.78 Å². The standard InChI is InChI=1S/C23H32F3N3O3/c24-14-23(25,26)15-3-1-4-16(9-15)28-22(31)11-27-21(30)10-19-18-6-7-29(12-20(18)19)17-5-2-8-32-13-17/h1,3-4,9,17-21,27,30H,2,5-8,10-14H2,(H,28,31)/t17?,18-,19+,20+,21?/m1/s1. The van der Waals surface area contributed by atoms with E-state index in [1.54, 1.807) is 0 Å². The maximum absolute atomic E-state index is 13.5. The molecular formula is C23H32F3N3O3. The van der Waals surface area contributed by atoms with Crippen LogP contribution in [0.1, 0.15) is 31.2 Å². The van der Waals surface area contributed by atoms with E-state index < -0.39 is 30.3 Å². The van der Waals surface area contributed by atoms with Crippen molar-refractivity contribution >= 4 is 11.6 Å². The monoisotopic (exact) mass is 455 g/mol. The second-order valence-electron chi connectivity index (χ2n) is 9.25. The van der Waals surface area contributed by atoms with Gasteiger partial charge in [0, 0.05) is 30.4 Å². The van der Waals surface area contributed by atoms with Crippen LogP contribution in [0.2, 0.25) is 0 Å². The molecule has 1 amide bonds. The van der Waals surface area contributed by atoms with Crippen LogP contribution in [0.5, 0.6) is 0 Å². The fourth-order valence-corrected chi connectivity index (χ4v) is 5.25. The van der Waals surface area contributed by atoms with Crippen LogP contribution < -0.4 is 10.6 Å². The summed E-state index contributed by atoms with van der Waals surface area (Å²) in [5, 5.41) is 15.7. The SMILES string of the molecule is O=C(CNC(O)C[C@H]1[C@H]2CCN(C3CCCOC3)C[C@@H]21)Nc1cccc(C(F)(F)CF)c1. The lowest BCUT2D eigenvalue weighted by atomic mass is 10.0. The van der Waals surface area contributed by atoms with E-state index in [2.05, 4.69) is 15.5 Å². The summed E-state index contributed by atoms with van der Waals surface area (Å²) in [7, 11) is 0. The minimum atomic E-state index is -3.59. The number of rotatable bonds is 9. The molecule has 32 heavy (non-hydrogen) atoms. The summed E-state index contributed by atoms with van der Waals surface area (Å²) in [5.41, 5.74) is -0.326. The average Bonchev–Trinajstić information content (AvgIpc) is 3.50. The number of benzene rings is 1. The molecule has 9 heteroatoms. The van der Waals surface area contributed by atoms with Crippen LogP contribution in [-0.4, -0.2) is 67.7 Å². The van der Waals surface area contributed by atoms with Gasteiger partial charge in [-0.3, -0.25) is 15.0 Å². The van der Waals surface area contributed by atoms with E-state index in [-0.39, 0.29) is 12.2 Å². The molecule has 0 radical (unpaired) electrons. The molecule has 6 nitrogen and oxygen atoms in total. The Balaban J connectivity index is 1.19. The Kier molecular flexibility index (Phi) is 7.39. The molecule has 2 saturated heterocycles. The van der Waals surface area contributed by atoms with Gasteiger partial charge in [-0.05, 0) is 62.1 Å². The topological polar surface area (TPSA) is 73.8 Å². The lowest BCUT2D eigenvalue weighted by molar-refractivity contribution is -0.116. The van der Waals surface area contributed by atoms with Crippen molar-refractivity contribution in [2.24, 2.45) is 17.8 Å². The number of likely N-dealkylation sites (tertiary alicyclic amines) is 1. The third-order valence-electron chi connectivity index (χ3n) is 7.09. The van der Waals surface area contributed by atoms with Gasteiger partial charge in [0.15, 0.2) is 6.67 Å². The number of aliphatic hydroxyl groups excluding tert-OH is 1. The van der Waals surface area contributed by atoms with Crippen molar-refractivity contribution in [3.63, 3.8) is 0 Å². The normalized spacial score (nSPS) is 29.2. The smallest absolute Gasteiger partial charge is 0.301 e. The van der Waals surface area contributed by atoms with Crippen molar-refractivity contribution in [1.29, 1.82) is 0 Å². The van der Waals surface area contributed by atoms with Crippen LogP contribution in [0.15, 0.2) is 24.3 Å². The highest BCUT2D eigenvalue weighted by atomic mass is 19.3. The number of aliphatic hydroxyl groups is 1. The van der Waals surface area contributed by atoms with Crippen molar-refractivity contribution < 1.29 is 27.8 Å². The number of nitrogens with one attached hydrogen (secondary N) is 2. The molecule has 2 aliphatic heterocycles. The number of carbonyl (C=O) groups excluding carboxylic acids is 1. The first-order chi connectivity index (χ1) is 15.4. The molecule has 0 spiro atoms. The van der Waals surface area contributed by atoms with Crippen LogP contribution in [0.4, 0.5) is 18.9 Å². The second kappa shape index (κ2) is 10.1. The first-order valence-corrected chi connectivity index (χ1v) is 11.4. The van der Waals surface area contributed by atoms with Crippen LogP contribution >= 0.6 is 0 Å². The van der Waals surface area contributed by atoms with Gasteiger partial charge < -0.3 is 15.2 Å². The van der Waals surface area contributed by atoms with E-state index in [0.717, 1.165) is 51.3 Å². The molecule has 4 rings (SSSR count). The minimum absolute atomic E-state index is 0.140. The zero-order chi connectivity index (χ0) is 22.7. The van der Waals surface area contributed by atoms with E-state index in [0.29, 0.717) is 30.2 Å². The van der Waals surface area contributed by atoms with Crippen molar-refractivity contribution in [2.45, 2.75) is 43.9 Å². The Hall–Kier alpha value is -1.68. The Bertz CT molecular complexity index is 791. The van der Waals surface area contributed by atoms with Crippen molar-refractivity contribution in [3.05, 3.63) is 29.8 Å². The predicted octanol–water partition coefficient (Wildman–Crippen LogP) is 2.73. The summed E-state index contributed by atoms with van der Waals surface area (Å²) in [5.74, 6) is -2.36. The van der Waals surface area contributed by atoms with Gasteiger partial charge in [0.25, 0.3) is 0 Å². The molecule has 178 valence electrons. The summed E-state index contributed by atoms with van der Waals surface area (Å²) in [6.45, 7) is 1.87. The Morgan fingerprint density at radius 3 is 2.91 bits per heavy atom. The van der Waals surface area contributed by atoms with Gasteiger partial charge in [0.1, 0.15) is 6.23 Å². The van der Waals surface area contributed by atoms with Crippen LogP contribution in [0, 0.1) is 17.8 Å². The molecule has 0 bridgehead atoms. The Morgan fingerprint density at radius 1 is 1.31 bits per heavy atom. The number of ether oxygens (including phenoxy) is 1. The number of alkyl halides is 3. The molecular weight excluding hydrogens is 423 g/mol. The number of nitrogens with zero attached hydrogens (tertiary/aromatic N) is 1. The zero-order valence-electron chi connectivity index (χ0n) is 18.1. The highest BCUT2D eigenvalue weighted by molar-refractivity contribution is 5.92. The van der Waals surface area contributed by atoms with E-state index >= 15 is 0 Å². The largest absolute Gasteiger partial charge is 0.380 e. The highest BCUT2D eigenvalue weighted by Crippen LogP contribution is 2.54. The van der Waals surface area contributed by atoms with E-state index in [4.69, 9.17) is 4.74 Å². The lowest BCUT2D eigenvalue weighted by Gasteiger charge is -2.36. The third kappa shape index (κ3) is 5.62. The molecule has 1 aromatic carbocycles.